The molecule has 1 aromatic carbocycles. The molecular weight excluding hydrogens is 219 g/mol. The normalized spacial score (nSPS) is 10.2. The molecule has 0 fully saturated rings. The fraction of sp³-hybridized carbons (Fsp3) is 0.154. The van der Waals surface area contributed by atoms with Crippen molar-refractivity contribution in [1.82, 2.24) is 9.97 Å². The van der Waals surface area contributed by atoms with Crippen LogP contribution < -0.4 is 0 Å². The molecular formula is C13H11FN2O. The number of Topliss-reactive ketones (excluding diaryl/α,β-unsaturated/α-hetero) is 1. The van der Waals surface area contributed by atoms with Crippen LogP contribution in [0.4, 0.5) is 4.39 Å². The van der Waals surface area contributed by atoms with Gasteiger partial charge >= 0.3 is 0 Å². The lowest BCUT2D eigenvalue weighted by Crippen LogP contribution is -2.08. The molecule has 86 valence electrons. The maximum Gasteiger partial charge on any atom is 0.204 e. The highest BCUT2D eigenvalue weighted by molar-refractivity contribution is 5.93. The summed E-state index contributed by atoms with van der Waals surface area (Å²) in [5, 5.41) is 0. The fourth-order valence-corrected chi connectivity index (χ4v) is 1.40. The predicted molar refractivity (Wildman–Crippen MR) is 61.2 cm³/mol. The molecule has 2 aromatic rings. The molecule has 1 heterocycles. The van der Waals surface area contributed by atoms with Gasteiger partial charge in [-0.3, -0.25) is 4.79 Å². The van der Waals surface area contributed by atoms with Crippen LogP contribution in [0.15, 0.2) is 36.7 Å². The zero-order valence-corrected chi connectivity index (χ0v) is 9.35. The van der Waals surface area contributed by atoms with Crippen LogP contribution in [0.3, 0.4) is 0 Å². The lowest BCUT2D eigenvalue weighted by molar-refractivity contribution is 0.0983. The van der Waals surface area contributed by atoms with Crippen molar-refractivity contribution in [3.05, 3.63) is 59.4 Å². The molecule has 0 amide bonds. The van der Waals surface area contributed by atoms with Crippen molar-refractivity contribution in [2.75, 3.05) is 0 Å². The number of carbonyl (C=O) groups excluding carboxylic acids is 1. The molecule has 0 aliphatic carbocycles. The van der Waals surface area contributed by atoms with Crippen LogP contribution in [0.5, 0.6) is 0 Å². The smallest absolute Gasteiger partial charge is 0.204 e. The van der Waals surface area contributed by atoms with Gasteiger partial charge in [-0.25, -0.2) is 14.4 Å². The van der Waals surface area contributed by atoms with E-state index in [2.05, 4.69) is 9.97 Å². The van der Waals surface area contributed by atoms with Gasteiger partial charge in [-0.05, 0) is 30.2 Å². The predicted octanol–water partition coefficient (Wildman–Crippen LogP) is 2.35. The highest BCUT2D eigenvalue weighted by atomic mass is 19.1. The van der Waals surface area contributed by atoms with Crippen LogP contribution >= 0.6 is 0 Å². The van der Waals surface area contributed by atoms with E-state index in [0.717, 1.165) is 11.1 Å². The van der Waals surface area contributed by atoms with E-state index in [1.807, 2.05) is 6.92 Å². The van der Waals surface area contributed by atoms with E-state index in [4.69, 9.17) is 0 Å². The third-order valence-corrected chi connectivity index (χ3v) is 2.31. The van der Waals surface area contributed by atoms with Gasteiger partial charge in [0, 0.05) is 18.8 Å². The maximum atomic E-state index is 12.7. The molecule has 2 rings (SSSR count). The van der Waals surface area contributed by atoms with Gasteiger partial charge < -0.3 is 0 Å². The molecule has 0 bridgehead atoms. The Bertz CT molecular complexity index is 520. The van der Waals surface area contributed by atoms with E-state index < -0.39 is 0 Å². The molecule has 0 atom stereocenters. The van der Waals surface area contributed by atoms with Gasteiger partial charge in [0.1, 0.15) is 5.82 Å². The minimum absolute atomic E-state index is 0.170. The summed E-state index contributed by atoms with van der Waals surface area (Å²) in [6.45, 7) is 1.86. The highest BCUT2D eigenvalue weighted by Gasteiger charge is 2.09. The third kappa shape index (κ3) is 2.93. The molecule has 3 nitrogen and oxygen atoms in total. The number of benzene rings is 1. The largest absolute Gasteiger partial charge is 0.290 e. The van der Waals surface area contributed by atoms with Crippen molar-refractivity contribution in [1.29, 1.82) is 0 Å². The molecule has 0 saturated heterocycles. The minimum Gasteiger partial charge on any atom is -0.290 e. The van der Waals surface area contributed by atoms with E-state index in [9.17, 15) is 9.18 Å². The van der Waals surface area contributed by atoms with Crippen molar-refractivity contribution in [3.63, 3.8) is 0 Å². The minimum atomic E-state index is -0.312. The summed E-state index contributed by atoms with van der Waals surface area (Å²) in [5.41, 5.74) is 1.66. The number of aryl methyl sites for hydroxylation is 1. The van der Waals surface area contributed by atoms with Gasteiger partial charge in [0.25, 0.3) is 0 Å². The van der Waals surface area contributed by atoms with E-state index in [-0.39, 0.29) is 23.8 Å². The average molecular weight is 230 g/mol. The molecule has 4 heteroatoms. The van der Waals surface area contributed by atoms with Crippen LogP contribution in [0.2, 0.25) is 0 Å². The average Bonchev–Trinajstić information content (AvgIpc) is 2.33. The number of hydrogen-bond donors (Lipinski definition) is 0. The first-order chi connectivity index (χ1) is 8.15. The van der Waals surface area contributed by atoms with Crippen molar-refractivity contribution in [2.24, 2.45) is 0 Å². The fourth-order valence-electron chi connectivity index (χ4n) is 1.40. The van der Waals surface area contributed by atoms with Crippen LogP contribution in [0, 0.1) is 12.7 Å². The zero-order chi connectivity index (χ0) is 12.3. The quantitative estimate of drug-likeness (QED) is 0.760. The molecule has 0 unspecified atom stereocenters. The summed E-state index contributed by atoms with van der Waals surface area (Å²) >= 11 is 0. The molecule has 17 heavy (non-hydrogen) atoms. The summed E-state index contributed by atoms with van der Waals surface area (Å²) in [5.74, 6) is -0.288. The Morgan fingerprint density at radius 2 is 1.76 bits per heavy atom. The Balaban J connectivity index is 2.11. The van der Waals surface area contributed by atoms with Gasteiger partial charge in [-0.15, -0.1) is 0 Å². The Kier molecular flexibility index (Phi) is 3.23. The SMILES string of the molecule is Cc1cnc(C(=O)Cc2ccc(F)cc2)nc1. The number of rotatable bonds is 3. The van der Waals surface area contributed by atoms with E-state index in [1.54, 1.807) is 24.5 Å². The van der Waals surface area contributed by atoms with Gasteiger partial charge in [0.05, 0.1) is 0 Å². The second-order valence-electron chi connectivity index (χ2n) is 3.81. The summed E-state index contributed by atoms with van der Waals surface area (Å²) in [6, 6.07) is 5.83. The second kappa shape index (κ2) is 4.82. The summed E-state index contributed by atoms with van der Waals surface area (Å²) in [6.07, 6.45) is 3.39. The number of aromatic nitrogens is 2. The standard InChI is InChI=1S/C13H11FN2O/c1-9-7-15-13(16-8-9)12(17)6-10-2-4-11(14)5-3-10/h2-5,7-8H,6H2,1H3. The van der Waals surface area contributed by atoms with E-state index in [0.29, 0.717) is 0 Å². The van der Waals surface area contributed by atoms with Gasteiger partial charge in [-0.1, -0.05) is 12.1 Å². The van der Waals surface area contributed by atoms with Crippen molar-refractivity contribution >= 4 is 5.78 Å². The number of halogens is 1. The molecule has 0 radical (unpaired) electrons. The van der Waals surface area contributed by atoms with Gasteiger partial charge in [0.15, 0.2) is 5.82 Å². The van der Waals surface area contributed by atoms with Crippen molar-refractivity contribution < 1.29 is 9.18 Å². The van der Waals surface area contributed by atoms with Crippen molar-refractivity contribution in [2.45, 2.75) is 13.3 Å². The maximum absolute atomic E-state index is 12.7. The molecule has 0 aliphatic rings. The lowest BCUT2D eigenvalue weighted by Gasteiger charge is -2.00. The van der Waals surface area contributed by atoms with Gasteiger partial charge in [-0.2, -0.15) is 0 Å². The van der Waals surface area contributed by atoms with Crippen LogP contribution in [0.25, 0.3) is 0 Å². The molecule has 1 aromatic heterocycles. The summed E-state index contributed by atoms with van der Waals surface area (Å²) in [7, 11) is 0. The molecule has 0 aliphatic heterocycles. The Morgan fingerprint density at radius 3 is 2.35 bits per heavy atom. The second-order valence-corrected chi connectivity index (χ2v) is 3.81. The Morgan fingerprint density at radius 1 is 1.18 bits per heavy atom. The van der Waals surface area contributed by atoms with Gasteiger partial charge in [0.2, 0.25) is 5.78 Å². The monoisotopic (exact) mass is 230 g/mol. The molecule has 0 saturated carbocycles. The summed E-state index contributed by atoms with van der Waals surface area (Å²) < 4.78 is 12.7. The number of hydrogen-bond acceptors (Lipinski definition) is 3. The van der Waals surface area contributed by atoms with Crippen LogP contribution in [-0.2, 0) is 6.42 Å². The molecule has 0 N–H and O–H groups in total. The Hall–Kier alpha value is -2.10. The first kappa shape index (κ1) is 11.4. The zero-order valence-electron chi connectivity index (χ0n) is 9.35. The number of carbonyl (C=O) groups is 1. The summed E-state index contributed by atoms with van der Waals surface area (Å²) in [4.78, 5) is 19.7. The highest BCUT2D eigenvalue weighted by Crippen LogP contribution is 2.06. The van der Waals surface area contributed by atoms with E-state index in [1.165, 1.54) is 12.1 Å². The van der Waals surface area contributed by atoms with Crippen molar-refractivity contribution in [3.8, 4) is 0 Å². The van der Waals surface area contributed by atoms with E-state index >= 15 is 0 Å². The molecule has 0 spiro atoms. The Labute approximate surface area is 98.3 Å². The third-order valence-electron chi connectivity index (χ3n) is 2.31. The number of nitrogens with zero attached hydrogens (tertiary/aromatic N) is 2. The van der Waals surface area contributed by atoms with Crippen LogP contribution in [0.1, 0.15) is 21.7 Å². The number of ketones is 1. The first-order valence-corrected chi connectivity index (χ1v) is 5.21. The topological polar surface area (TPSA) is 42.9 Å². The van der Waals surface area contributed by atoms with Crippen LogP contribution in [-0.4, -0.2) is 15.8 Å². The lowest BCUT2D eigenvalue weighted by atomic mass is 10.1. The first-order valence-electron chi connectivity index (χ1n) is 5.21.